The third-order valence-electron chi connectivity index (χ3n) is 2.64. The van der Waals surface area contributed by atoms with Crippen LogP contribution in [0, 0.1) is 0 Å². The van der Waals surface area contributed by atoms with Crippen molar-refractivity contribution in [3.8, 4) is 5.75 Å². The molecule has 2 aromatic carbocycles. The van der Waals surface area contributed by atoms with E-state index >= 15 is 0 Å². The Morgan fingerprint density at radius 1 is 1.05 bits per heavy atom. The lowest BCUT2D eigenvalue weighted by Crippen LogP contribution is -2.10. The smallest absolute Gasteiger partial charge is 0.120 e. The number of hydrogen-bond acceptors (Lipinski definition) is 4. The van der Waals surface area contributed by atoms with Crippen molar-refractivity contribution in [2.75, 3.05) is 14.1 Å². The molecule has 0 saturated carbocycles. The SMILES string of the molecule is CN(C)Cc1cc(N=Nc2cccc(Cl)c2)ccc1O. The molecule has 0 atom stereocenters. The van der Waals surface area contributed by atoms with Crippen molar-refractivity contribution < 1.29 is 5.11 Å². The second-order valence-electron chi connectivity index (χ2n) is 4.73. The zero-order chi connectivity index (χ0) is 14.5. The Labute approximate surface area is 123 Å². The molecule has 104 valence electrons. The van der Waals surface area contributed by atoms with Gasteiger partial charge in [0.1, 0.15) is 5.75 Å². The molecule has 4 nitrogen and oxygen atoms in total. The largest absolute Gasteiger partial charge is 0.508 e. The van der Waals surface area contributed by atoms with E-state index in [1.54, 1.807) is 24.3 Å². The number of rotatable bonds is 4. The lowest BCUT2D eigenvalue weighted by atomic mass is 10.1. The summed E-state index contributed by atoms with van der Waals surface area (Å²) in [5.74, 6) is 0.264. The fourth-order valence-electron chi connectivity index (χ4n) is 1.76. The molecule has 1 N–H and O–H groups in total. The second-order valence-corrected chi connectivity index (χ2v) is 5.17. The van der Waals surface area contributed by atoms with Crippen LogP contribution < -0.4 is 0 Å². The number of halogens is 1. The van der Waals surface area contributed by atoms with Gasteiger partial charge in [-0.25, -0.2) is 0 Å². The van der Waals surface area contributed by atoms with E-state index in [4.69, 9.17) is 11.6 Å². The molecule has 0 saturated heterocycles. The van der Waals surface area contributed by atoms with Crippen LogP contribution in [0.1, 0.15) is 5.56 Å². The Balaban J connectivity index is 2.21. The molecule has 0 aliphatic carbocycles. The zero-order valence-corrected chi connectivity index (χ0v) is 12.2. The minimum Gasteiger partial charge on any atom is -0.508 e. The van der Waals surface area contributed by atoms with Crippen molar-refractivity contribution in [3.05, 3.63) is 53.1 Å². The molecule has 5 heteroatoms. The van der Waals surface area contributed by atoms with Gasteiger partial charge in [0.05, 0.1) is 11.4 Å². The molecule has 0 heterocycles. The summed E-state index contributed by atoms with van der Waals surface area (Å²) in [5, 5.41) is 18.7. The van der Waals surface area contributed by atoms with Crippen LogP contribution in [0.4, 0.5) is 11.4 Å². The predicted octanol–water partition coefficient (Wildman–Crippen LogP) is 4.52. The summed E-state index contributed by atoms with van der Waals surface area (Å²) in [4.78, 5) is 1.98. The lowest BCUT2D eigenvalue weighted by molar-refractivity contribution is 0.386. The molecular formula is C15H16ClN3O. The van der Waals surface area contributed by atoms with Crippen molar-refractivity contribution in [1.29, 1.82) is 0 Å². The van der Waals surface area contributed by atoms with Gasteiger partial charge in [-0.15, -0.1) is 0 Å². The van der Waals surface area contributed by atoms with Crippen molar-refractivity contribution in [1.82, 2.24) is 4.90 Å². The Bertz CT molecular complexity index is 626. The number of azo groups is 1. The summed E-state index contributed by atoms with van der Waals surface area (Å²) < 4.78 is 0. The summed E-state index contributed by atoms with van der Waals surface area (Å²) in [6.07, 6.45) is 0. The van der Waals surface area contributed by atoms with Gasteiger partial charge < -0.3 is 10.0 Å². The van der Waals surface area contributed by atoms with E-state index in [1.807, 2.05) is 37.2 Å². The molecule has 0 radical (unpaired) electrons. The summed E-state index contributed by atoms with van der Waals surface area (Å²) in [5.41, 5.74) is 2.21. The summed E-state index contributed by atoms with van der Waals surface area (Å²) in [6, 6.07) is 12.4. The first-order valence-corrected chi connectivity index (χ1v) is 6.56. The number of benzene rings is 2. The molecule has 20 heavy (non-hydrogen) atoms. The monoisotopic (exact) mass is 289 g/mol. The van der Waals surface area contributed by atoms with Crippen LogP contribution in [0.3, 0.4) is 0 Å². The molecule has 0 aliphatic rings. The number of phenols is 1. The number of phenolic OH excluding ortho intramolecular Hbond substituents is 1. The van der Waals surface area contributed by atoms with Gasteiger partial charge in [-0.05, 0) is 50.5 Å². The fourth-order valence-corrected chi connectivity index (χ4v) is 1.94. The summed E-state index contributed by atoms with van der Waals surface area (Å²) in [6.45, 7) is 0.645. The van der Waals surface area contributed by atoms with Crippen LogP contribution in [-0.2, 0) is 6.54 Å². The number of hydrogen-bond donors (Lipinski definition) is 1. The third-order valence-corrected chi connectivity index (χ3v) is 2.87. The highest BCUT2D eigenvalue weighted by Gasteiger charge is 2.04. The van der Waals surface area contributed by atoms with Gasteiger partial charge in [-0.3, -0.25) is 0 Å². The van der Waals surface area contributed by atoms with Crippen molar-refractivity contribution >= 4 is 23.0 Å². The average Bonchev–Trinajstić information content (AvgIpc) is 2.39. The Hall–Kier alpha value is -1.91. The third kappa shape index (κ3) is 4.05. The van der Waals surface area contributed by atoms with Crippen LogP contribution in [0.2, 0.25) is 5.02 Å². The Kier molecular flexibility index (Phi) is 4.71. The van der Waals surface area contributed by atoms with Crippen LogP contribution >= 0.6 is 11.6 Å². The van der Waals surface area contributed by atoms with E-state index < -0.39 is 0 Å². The van der Waals surface area contributed by atoms with Crippen molar-refractivity contribution in [2.45, 2.75) is 6.54 Å². The van der Waals surface area contributed by atoms with E-state index in [9.17, 15) is 5.11 Å². The first kappa shape index (κ1) is 14.5. The molecule has 0 bridgehead atoms. The van der Waals surface area contributed by atoms with E-state index in [0.29, 0.717) is 22.9 Å². The van der Waals surface area contributed by atoms with Gasteiger partial charge in [0.25, 0.3) is 0 Å². The van der Waals surface area contributed by atoms with Gasteiger partial charge in [-0.2, -0.15) is 10.2 Å². The van der Waals surface area contributed by atoms with Crippen LogP contribution in [0.25, 0.3) is 0 Å². The number of aromatic hydroxyl groups is 1. The average molecular weight is 290 g/mol. The molecule has 0 aromatic heterocycles. The fraction of sp³-hybridized carbons (Fsp3) is 0.200. The van der Waals surface area contributed by atoms with Gasteiger partial charge in [-0.1, -0.05) is 17.7 Å². The van der Waals surface area contributed by atoms with E-state index in [2.05, 4.69) is 10.2 Å². The van der Waals surface area contributed by atoms with E-state index in [1.165, 1.54) is 0 Å². The maximum absolute atomic E-state index is 9.79. The standard InChI is InChI=1S/C15H16ClN3O/c1-19(2)10-11-8-14(6-7-15(11)20)18-17-13-5-3-4-12(16)9-13/h3-9,20H,10H2,1-2H3. The maximum atomic E-state index is 9.79. The quantitative estimate of drug-likeness (QED) is 0.841. The van der Waals surface area contributed by atoms with Gasteiger partial charge in [0.2, 0.25) is 0 Å². The van der Waals surface area contributed by atoms with Gasteiger partial charge >= 0.3 is 0 Å². The zero-order valence-electron chi connectivity index (χ0n) is 11.4. The molecule has 0 aliphatic heterocycles. The van der Waals surface area contributed by atoms with Crippen molar-refractivity contribution in [2.24, 2.45) is 10.2 Å². The highest BCUT2D eigenvalue weighted by atomic mass is 35.5. The van der Waals surface area contributed by atoms with Crippen LogP contribution in [0.5, 0.6) is 5.75 Å². The molecular weight excluding hydrogens is 274 g/mol. The molecule has 2 rings (SSSR count). The lowest BCUT2D eigenvalue weighted by Gasteiger charge is -2.11. The number of nitrogens with zero attached hydrogens (tertiary/aromatic N) is 3. The van der Waals surface area contributed by atoms with E-state index in [-0.39, 0.29) is 5.75 Å². The normalized spacial score (nSPS) is 11.4. The Morgan fingerprint density at radius 3 is 2.40 bits per heavy atom. The molecule has 0 fully saturated rings. The van der Waals surface area contributed by atoms with Crippen LogP contribution in [-0.4, -0.2) is 24.1 Å². The maximum Gasteiger partial charge on any atom is 0.120 e. The molecule has 0 unspecified atom stereocenters. The van der Waals surface area contributed by atoms with E-state index in [0.717, 1.165) is 5.56 Å². The minimum absolute atomic E-state index is 0.264. The second kappa shape index (κ2) is 6.50. The molecule has 0 amide bonds. The van der Waals surface area contributed by atoms with Crippen LogP contribution in [0.15, 0.2) is 52.7 Å². The predicted molar refractivity (Wildman–Crippen MR) is 81.1 cm³/mol. The minimum atomic E-state index is 0.264. The topological polar surface area (TPSA) is 48.2 Å². The van der Waals surface area contributed by atoms with Gasteiger partial charge in [0, 0.05) is 17.1 Å². The van der Waals surface area contributed by atoms with Gasteiger partial charge in [0.15, 0.2) is 0 Å². The molecule has 0 spiro atoms. The first-order chi connectivity index (χ1) is 9.54. The summed E-state index contributed by atoms with van der Waals surface area (Å²) >= 11 is 5.89. The van der Waals surface area contributed by atoms with Crippen molar-refractivity contribution in [3.63, 3.8) is 0 Å². The summed E-state index contributed by atoms with van der Waals surface area (Å²) in [7, 11) is 3.89. The first-order valence-electron chi connectivity index (χ1n) is 6.18. The molecule has 2 aromatic rings. The highest BCUT2D eigenvalue weighted by molar-refractivity contribution is 6.30. The highest BCUT2D eigenvalue weighted by Crippen LogP contribution is 2.26. The Morgan fingerprint density at radius 2 is 1.75 bits per heavy atom.